The average molecular weight is 442 g/mol. The fourth-order valence-electron chi connectivity index (χ4n) is 2.80. The van der Waals surface area contributed by atoms with Crippen molar-refractivity contribution in [2.75, 3.05) is 5.32 Å². The Morgan fingerprint density at radius 1 is 1.11 bits per heavy atom. The molecule has 1 aliphatic rings. The number of nitrogens with one attached hydrogen (secondary N) is 2. The molecule has 0 radical (unpaired) electrons. The van der Waals surface area contributed by atoms with Crippen LogP contribution in [-0.4, -0.2) is 22.4 Å². The number of imide groups is 1. The summed E-state index contributed by atoms with van der Waals surface area (Å²) in [6.45, 7) is 5.71. The molecule has 2 aromatic rings. The van der Waals surface area contributed by atoms with Crippen molar-refractivity contribution in [3.8, 4) is 5.75 Å². The third kappa shape index (κ3) is 3.93. The number of halogens is 3. The molecule has 8 heteroatoms. The normalized spacial score (nSPS) is 18.9. The van der Waals surface area contributed by atoms with Gasteiger partial charge in [0.25, 0.3) is 5.91 Å². The lowest BCUT2D eigenvalue weighted by atomic mass is 10.2. The van der Waals surface area contributed by atoms with E-state index in [9.17, 15) is 9.59 Å². The fourth-order valence-corrected chi connectivity index (χ4v) is 3.74. The molecule has 1 saturated carbocycles. The van der Waals surface area contributed by atoms with Gasteiger partial charge in [-0.25, -0.2) is 4.79 Å². The van der Waals surface area contributed by atoms with Crippen LogP contribution >= 0.6 is 34.8 Å². The van der Waals surface area contributed by atoms with Crippen molar-refractivity contribution < 1.29 is 14.3 Å². The van der Waals surface area contributed by atoms with Crippen LogP contribution in [0.2, 0.25) is 5.02 Å². The van der Waals surface area contributed by atoms with Crippen LogP contribution in [0.15, 0.2) is 42.5 Å². The lowest BCUT2D eigenvalue weighted by Gasteiger charge is -2.12. The molecule has 2 N–H and O–H groups in total. The number of benzene rings is 2. The van der Waals surface area contributed by atoms with E-state index in [2.05, 4.69) is 10.6 Å². The third-order valence-corrected chi connectivity index (χ3v) is 6.48. The summed E-state index contributed by atoms with van der Waals surface area (Å²) in [5, 5.41) is 5.12. The number of rotatable bonds is 4. The Labute approximate surface area is 178 Å². The molecule has 28 heavy (non-hydrogen) atoms. The molecule has 1 aliphatic carbocycles. The van der Waals surface area contributed by atoms with Crippen LogP contribution < -0.4 is 15.4 Å². The highest BCUT2D eigenvalue weighted by Gasteiger charge is 2.73. The highest BCUT2D eigenvalue weighted by atomic mass is 35.5. The van der Waals surface area contributed by atoms with Gasteiger partial charge in [-0.3, -0.25) is 10.1 Å². The number of hydrogen-bond donors (Lipinski definition) is 2. The van der Waals surface area contributed by atoms with E-state index in [0.717, 1.165) is 5.56 Å². The van der Waals surface area contributed by atoms with Crippen LogP contribution in [0.4, 0.5) is 10.5 Å². The Kier molecular flexibility index (Phi) is 5.54. The topological polar surface area (TPSA) is 67.4 Å². The molecule has 148 valence electrons. The predicted octanol–water partition coefficient (Wildman–Crippen LogP) is 5.57. The first-order valence-electron chi connectivity index (χ1n) is 8.56. The molecule has 2 aromatic carbocycles. The first-order chi connectivity index (χ1) is 13.0. The van der Waals surface area contributed by atoms with E-state index < -0.39 is 16.3 Å². The van der Waals surface area contributed by atoms with Gasteiger partial charge in [0, 0.05) is 11.1 Å². The second-order valence-electron chi connectivity index (χ2n) is 7.21. The summed E-state index contributed by atoms with van der Waals surface area (Å²) in [4.78, 5) is 24.2. The smallest absolute Gasteiger partial charge is 0.326 e. The largest absolute Gasteiger partial charge is 0.486 e. The SMILES string of the molecule is Cc1cc(NC(=O)NC(=O)c2ccccc2Cl)ccc1OC1C(C)(C)C1(Cl)Cl. The van der Waals surface area contributed by atoms with Crippen molar-refractivity contribution in [1.82, 2.24) is 5.32 Å². The van der Waals surface area contributed by atoms with Gasteiger partial charge >= 0.3 is 6.03 Å². The molecule has 0 heterocycles. The number of hydrogen-bond acceptors (Lipinski definition) is 3. The molecule has 5 nitrogen and oxygen atoms in total. The minimum absolute atomic E-state index is 0.219. The van der Waals surface area contributed by atoms with Gasteiger partial charge in [-0.1, -0.05) is 60.8 Å². The van der Waals surface area contributed by atoms with E-state index in [4.69, 9.17) is 39.5 Å². The Bertz CT molecular complexity index is 930. The average Bonchev–Trinajstić information content (AvgIpc) is 2.99. The predicted molar refractivity (Wildman–Crippen MR) is 112 cm³/mol. The lowest BCUT2D eigenvalue weighted by molar-refractivity contribution is 0.0967. The van der Waals surface area contributed by atoms with E-state index in [0.29, 0.717) is 11.4 Å². The summed E-state index contributed by atoms with van der Waals surface area (Å²) in [6, 6.07) is 10.9. The summed E-state index contributed by atoms with van der Waals surface area (Å²) in [5.74, 6) is 0.0376. The van der Waals surface area contributed by atoms with Crippen molar-refractivity contribution in [2.45, 2.75) is 31.2 Å². The number of aryl methyl sites for hydroxylation is 1. The highest BCUT2D eigenvalue weighted by Crippen LogP contribution is 2.64. The molecule has 1 unspecified atom stereocenters. The molecule has 0 saturated heterocycles. The second kappa shape index (κ2) is 7.47. The molecule has 1 atom stereocenters. The van der Waals surface area contributed by atoms with Crippen LogP contribution in [0.3, 0.4) is 0 Å². The number of carbonyl (C=O) groups excluding carboxylic acids is 2. The number of amides is 3. The molecule has 3 rings (SSSR count). The van der Waals surface area contributed by atoms with Gasteiger partial charge in [0.05, 0.1) is 10.6 Å². The number of urea groups is 1. The first kappa shape index (κ1) is 20.8. The van der Waals surface area contributed by atoms with E-state index in [1.807, 2.05) is 20.8 Å². The number of anilines is 1. The Hall–Kier alpha value is -1.95. The molecule has 0 bridgehead atoms. The zero-order valence-corrected chi connectivity index (χ0v) is 17.7. The van der Waals surface area contributed by atoms with Crippen molar-refractivity contribution in [3.05, 3.63) is 58.6 Å². The van der Waals surface area contributed by atoms with E-state index >= 15 is 0 Å². The van der Waals surface area contributed by atoms with Gasteiger partial charge < -0.3 is 10.1 Å². The van der Waals surface area contributed by atoms with Crippen molar-refractivity contribution in [3.63, 3.8) is 0 Å². The number of alkyl halides is 2. The maximum Gasteiger partial charge on any atom is 0.326 e. The zero-order chi connectivity index (χ0) is 20.7. The molecule has 0 aromatic heterocycles. The molecule has 0 aliphatic heterocycles. The quantitative estimate of drug-likeness (QED) is 0.609. The maximum atomic E-state index is 12.1. The van der Waals surface area contributed by atoms with Gasteiger partial charge in [0.1, 0.15) is 11.9 Å². The number of carbonyl (C=O) groups is 2. The monoisotopic (exact) mass is 440 g/mol. The van der Waals surface area contributed by atoms with Crippen molar-refractivity contribution >= 4 is 52.4 Å². The van der Waals surface area contributed by atoms with Crippen molar-refractivity contribution in [2.24, 2.45) is 5.41 Å². The standard InChI is InChI=1S/C20H19Cl3N2O3/c1-11-10-12(8-9-15(11)28-17-19(2,3)20(17,22)23)24-18(27)25-16(26)13-6-4-5-7-14(13)21/h4-10,17H,1-3H3,(H2,24,25,26,27). The highest BCUT2D eigenvalue weighted by molar-refractivity contribution is 6.52. The molecule has 3 amide bonds. The van der Waals surface area contributed by atoms with Crippen LogP contribution in [-0.2, 0) is 0 Å². The lowest BCUT2D eigenvalue weighted by Crippen LogP contribution is -2.34. The summed E-state index contributed by atoms with van der Waals surface area (Å²) in [7, 11) is 0. The summed E-state index contributed by atoms with van der Waals surface area (Å²) >= 11 is 18.5. The molecular weight excluding hydrogens is 423 g/mol. The Morgan fingerprint density at radius 3 is 2.32 bits per heavy atom. The Balaban J connectivity index is 1.62. The summed E-state index contributed by atoms with van der Waals surface area (Å²) < 4.78 is 4.99. The van der Waals surface area contributed by atoms with Gasteiger partial charge in [-0.2, -0.15) is 0 Å². The van der Waals surface area contributed by atoms with Gasteiger partial charge in [0.15, 0.2) is 4.33 Å². The van der Waals surface area contributed by atoms with E-state index in [-0.39, 0.29) is 22.1 Å². The summed E-state index contributed by atoms with van der Waals surface area (Å²) in [6.07, 6.45) is -0.322. The van der Waals surface area contributed by atoms with Gasteiger partial charge in [0.2, 0.25) is 0 Å². The summed E-state index contributed by atoms with van der Waals surface area (Å²) in [5.41, 5.74) is 1.17. The fraction of sp³-hybridized carbons (Fsp3) is 0.300. The van der Waals surface area contributed by atoms with Gasteiger partial charge in [-0.05, 0) is 42.8 Å². The first-order valence-corrected chi connectivity index (χ1v) is 9.69. The third-order valence-electron chi connectivity index (χ3n) is 4.78. The van der Waals surface area contributed by atoms with Crippen LogP contribution in [0.5, 0.6) is 5.75 Å². The minimum atomic E-state index is -0.935. The van der Waals surface area contributed by atoms with E-state index in [1.165, 1.54) is 6.07 Å². The molecule has 1 fully saturated rings. The second-order valence-corrected chi connectivity index (χ2v) is 9.00. The molecular formula is C20H19Cl3N2O3. The van der Waals surface area contributed by atoms with Crippen molar-refractivity contribution in [1.29, 1.82) is 0 Å². The van der Waals surface area contributed by atoms with E-state index in [1.54, 1.807) is 36.4 Å². The van der Waals surface area contributed by atoms with Crippen LogP contribution in [0.1, 0.15) is 29.8 Å². The zero-order valence-electron chi connectivity index (χ0n) is 15.5. The molecule has 0 spiro atoms. The Morgan fingerprint density at radius 2 is 1.75 bits per heavy atom. The van der Waals surface area contributed by atoms with Gasteiger partial charge in [-0.15, -0.1) is 0 Å². The maximum absolute atomic E-state index is 12.1. The van der Waals surface area contributed by atoms with Crippen LogP contribution in [0.25, 0.3) is 0 Å². The number of ether oxygens (including phenoxy) is 1. The van der Waals surface area contributed by atoms with Crippen LogP contribution in [0, 0.1) is 12.3 Å². The minimum Gasteiger partial charge on any atom is -0.486 e.